The van der Waals surface area contributed by atoms with Gasteiger partial charge < -0.3 is 32.5 Å². The molecule has 0 aliphatic carbocycles. The van der Waals surface area contributed by atoms with Gasteiger partial charge in [0.2, 0.25) is 11.5 Å². The molecule has 1 atom stereocenters. The summed E-state index contributed by atoms with van der Waals surface area (Å²) < 4.78 is 38.9. The summed E-state index contributed by atoms with van der Waals surface area (Å²) in [4.78, 5) is 62.4. The third-order valence-corrected chi connectivity index (χ3v) is 6.41. The van der Waals surface area contributed by atoms with Crippen LogP contribution in [0.1, 0.15) is 41.9 Å². The lowest BCUT2D eigenvalue weighted by molar-refractivity contribution is -0.149. The second-order valence-corrected chi connectivity index (χ2v) is 10.7. The number of benzene rings is 2. The van der Waals surface area contributed by atoms with E-state index in [9.17, 15) is 24.0 Å². The summed E-state index contributed by atoms with van der Waals surface area (Å²) in [6, 6.07) is 9.95. The van der Waals surface area contributed by atoms with E-state index in [0.29, 0.717) is 10.2 Å². The first-order chi connectivity index (χ1) is 21.3. The zero-order chi connectivity index (χ0) is 32.9. The van der Waals surface area contributed by atoms with Gasteiger partial charge in [0.15, 0.2) is 17.0 Å². The molecule has 2 aromatic carbocycles. The van der Waals surface area contributed by atoms with Gasteiger partial charge in [0.25, 0.3) is 0 Å². The number of hydrogen-bond donors (Lipinski definition) is 0. The van der Waals surface area contributed by atoms with Gasteiger partial charge in [-0.25, -0.2) is 9.59 Å². The summed E-state index contributed by atoms with van der Waals surface area (Å²) in [7, 11) is 5.68. The first kappa shape index (κ1) is 32.7. The topological polar surface area (TPSA) is 158 Å². The number of hydrogen-bond acceptors (Lipinski definition) is 12. The van der Waals surface area contributed by atoms with Gasteiger partial charge >= 0.3 is 17.9 Å². The summed E-state index contributed by atoms with van der Waals surface area (Å²) in [5.74, 6) is -2.41. The van der Waals surface area contributed by atoms with Crippen LogP contribution in [0.25, 0.3) is 21.9 Å². The van der Waals surface area contributed by atoms with Crippen LogP contribution in [0.2, 0.25) is 0 Å². The van der Waals surface area contributed by atoms with E-state index in [4.69, 9.17) is 32.5 Å². The lowest BCUT2D eigenvalue weighted by Crippen LogP contribution is -2.35. The number of rotatable bonds is 12. The fraction of sp³-hybridized carbons (Fsp3) is 0.344. The van der Waals surface area contributed by atoms with Crippen molar-refractivity contribution in [3.8, 4) is 11.5 Å². The molecule has 4 rings (SSSR count). The van der Waals surface area contributed by atoms with Crippen molar-refractivity contribution in [2.45, 2.75) is 26.9 Å². The van der Waals surface area contributed by atoms with Crippen molar-refractivity contribution in [1.82, 2.24) is 4.48 Å². The maximum atomic E-state index is 13.2. The highest BCUT2D eigenvalue weighted by atomic mass is 16.6. The molecule has 0 amide bonds. The molecule has 238 valence electrons. The fourth-order valence-corrected chi connectivity index (χ4v) is 4.36. The van der Waals surface area contributed by atoms with Gasteiger partial charge in [-0.05, 0) is 26.0 Å². The smallest absolute Gasteiger partial charge is 0.374 e. The first-order valence-electron chi connectivity index (χ1n) is 14.1. The highest BCUT2D eigenvalue weighted by Crippen LogP contribution is 2.32. The molecule has 2 aromatic heterocycles. The van der Waals surface area contributed by atoms with Crippen LogP contribution in [-0.2, 0) is 19.0 Å². The molecule has 0 saturated carbocycles. The van der Waals surface area contributed by atoms with E-state index in [-0.39, 0.29) is 71.4 Å². The third kappa shape index (κ3) is 7.68. The Balaban J connectivity index is 1.64. The second-order valence-electron chi connectivity index (χ2n) is 10.7. The summed E-state index contributed by atoms with van der Waals surface area (Å²) in [6.07, 6.45) is -0.989. The van der Waals surface area contributed by atoms with Crippen LogP contribution in [0.4, 0.5) is 5.69 Å². The average Bonchev–Trinajstić information content (AvgIpc) is 2.97. The maximum absolute atomic E-state index is 13.2. The lowest BCUT2D eigenvalue weighted by atomic mass is 10.1. The Morgan fingerprint density at radius 1 is 0.756 bits per heavy atom. The van der Waals surface area contributed by atoms with Gasteiger partial charge in [0.1, 0.15) is 52.3 Å². The Bertz CT molecular complexity index is 1860. The van der Waals surface area contributed by atoms with Crippen molar-refractivity contribution in [1.29, 1.82) is 0 Å². The molecule has 0 fully saturated rings. The molecule has 2 heterocycles. The van der Waals surface area contributed by atoms with E-state index in [0.717, 1.165) is 12.1 Å². The van der Waals surface area contributed by atoms with Crippen molar-refractivity contribution >= 4 is 45.5 Å². The molecule has 45 heavy (non-hydrogen) atoms. The van der Waals surface area contributed by atoms with Crippen LogP contribution >= 0.6 is 0 Å². The summed E-state index contributed by atoms with van der Waals surface area (Å²) in [6.45, 7) is 4.21. The van der Waals surface area contributed by atoms with Crippen LogP contribution in [0.3, 0.4) is 0 Å². The molecule has 0 aliphatic heterocycles. The van der Waals surface area contributed by atoms with E-state index >= 15 is 0 Å². The number of carbonyl (C=O) groups is 3. The van der Waals surface area contributed by atoms with Crippen LogP contribution in [0.15, 0.2) is 60.9 Å². The molecule has 0 bridgehead atoms. The Labute approximate surface area is 257 Å². The van der Waals surface area contributed by atoms with Gasteiger partial charge in [-0.3, -0.25) is 18.9 Å². The van der Waals surface area contributed by atoms with Crippen molar-refractivity contribution < 1.29 is 46.9 Å². The largest absolute Gasteiger partial charge is 0.489 e. The lowest BCUT2D eigenvalue weighted by Gasteiger charge is -2.25. The van der Waals surface area contributed by atoms with Gasteiger partial charge in [-0.15, -0.1) is 0 Å². The van der Waals surface area contributed by atoms with E-state index in [2.05, 4.69) is 0 Å². The number of fused-ring (bicyclic) bond motifs is 2. The molecule has 0 aliphatic rings. The normalized spacial score (nSPS) is 12.0. The molecular formula is C32H34NO12+. The summed E-state index contributed by atoms with van der Waals surface area (Å²) >= 11 is 0. The Kier molecular flexibility index (Phi) is 9.92. The summed E-state index contributed by atoms with van der Waals surface area (Å²) in [5, 5.41) is 0.150. The quantitative estimate of drug-likeness (QED) is 0.128. The molecule has 4 aromatic rings. The number of quaternary nitrogens is 1. The highest BCUT2D eigenvalue weighted by Gasteiger charge is 2.24. The van der Waals surface area contributed by atoms with Crippen molar-refractivity contribution in [2.24, 2.45) is 0 Å². The van der Waals surface area contributed by atoms with E-state index in [1.165, 1.54) is 19.1 Å². The molecule has 0 N–H and O–H groups in total. The van der Waals surface area contributed by atoms with E-state index in [1.54, 1.807) is 32.0 Å². The monoisotopic (exact) mass is 624 g/mol. The molecule has 0 saturated heterocycles. The van der Waals surface area contributed by atoms with Crippen molar-refractivity contribution in [2.75, 3.05) is 47.6 Å². The van der Waals surface area contributed by atoms with Gasteiger partial charge in [-0.1, -0.05) is 6.07 Å². The second kappa shape index (κ2) is 13.6. The first-order valence-corrected chi connectivity index (χ1v) is 14.1. The number of nitrogens with zero attached hydrogens (tertiary/aromatic N) is 1. The van der Waals surface area contributed by atoms with E-state index < -0.39 is 34.9 Å². The zero-order valence-electron chi connectivity index (χ0n) is 25.8. The molecule has 13 nitrogen and oxygen atoms in total. The van der Waals surface area contributed by atoms with Crippen LogP contribution in [0, 0.1) is 0 Å². The Hall–Kier alpha value is -5.17. The minimum absolute atomic E-state index is 0.0738. The van der Waals surface area contributed by atoms with Crippen molar-refractivity contribution in [3.05, 3.63) is 74.4 Å². The zero-order valence-corrected chi connectivity index (χ0v) is 25.8. The summed E-state index contributed by atoms with van der Waals surface area (Å²) in [5.41, 5.74) is -0.177. The van der Waals surface area contributed by atoms with Crippen LogP contribution in [-0.4, -0.2) is 71.6 Å². The maximum Gasteiger partial charge on any atom is 0.374 e. The predicted octanol–water partition coefficient (Wildman–Crippen LogP) is 3.84. The predicted molar refractivity (Wildman–Crippen MR) is 163 cm³/mol. The standard InChI is InChI=1S/C32H34NO12/c1-7-39-31(37)27-14-21(35)29-23(10-9-11-24(29)44-27)41-16-20(43-18(3)34)17-42-25-12-19(33(4,5)6)13-26-30(25)22(36)15-28(45-26)32(38)40-8-2/h9-15,20H,7-8,16-17H2,1-6H3/q+1. The number of ether oxygens (including phenoxy) is 5. The minimum atomic E-state index is -0.989. The van der Waals surface area contributed by atoms with Crippen molar-refractivity contribution in [3.63, 3.8) is 0 Å². The molecule has 1 unspecified atom stereocenters. The SMILES string of the molecule is CCOC(=O)c1cc(=O)c2c(OCC(COc3cc([N+](C)(C)C)cc4oc(C(=O)OCC)cc(=O)c34)OC(C)=O)cccc2o1. The minimum Gasteiger partial charge on any atom is -0.489 e. The van der Waals surface area contributed by atoms with E-state index in [1.807, 2.05) is 21.1 Å². The highest BCUT2D eigenvalue weighted by molar-refractivity contribution is 5.92. The van der Waals surface area contributed by atoms with Crippen LogP contribution in [0.5, 0.6) is 11.5 Å². The molecular weight excluding hydrogens is 590 g/mol. The van der Waals surface area contributed by atoms with Gasteiger partial charge in [0.05, 0.1) is 34.4 Å². The number of carbonyl (C=O) groups excluding carboxylic acids is 3. The third-order valence-electron chi connectivity index (χ3n) is 6.41. The molecule has 0 spiro atoms. The Morgan fingerprint density at radius 2 is 1.29 bits per heavy atom. The molecule has 13 heteroatoms. The van der Waals surface area contributed by atoms with Gasteiger partial charge in [-0.2, -0.15) is 0 Å². The average molecular weight is 625 g/mol. The number of esters is 3. The molecule has 0 radical (unpaired) electrons. The fourth-order valence-electron chi connectivity index (χ4n) is 4.36. The van der Waals surface area contributed by atoms with Crippen LogP contribution < -0.4 is 24.8 Å². The van der Waals surface area contributed by atoms with Gasteiger partial charge in [0, 0.05) is 31.2 Å². The Morgan fingerprint density at radius 3 is 1.82 bits per heavy atom.